The molecule has 2 aromatic carbocycles. The Balaban J connectivity index is 0.00000240. The van der Waals surface area contributed by atoms with E-state index in [1.807, 2.05) is 25.1 Å². The van der Waals surface area contributed by atoms with E-state index in [1.165, 1.54) is 6.07 Å². The third-order valence-electron chi connectivity index (χ3n) is 4.64. The molecule has 176 valence electrons. The number of hydrogen-bond acceptors (Lipinski definition) is 6. The van der Waals surface area contributed by atoms with Gasteiger partial charge in [-0.15, -0.1) is 0 Å². The van der Waals surface area contributed by atoms with Gasteiger partial charge in [0.25, 0.3) is 0 Å². The van der Waals surface area contributed by atoms with Gasteiger partial charge in [-0.05, 0) is 42.2 Å². The van der Waals surface area contributed by atoms with Crippen molar-refractivity contribution >= 4 is 29.2 Å². The predicted octanol–water partition coefficient (Wildman–Crippen LogP) is 2.72. The van der Waals surface area contributed by atoms with Gasteiger partial charge in [-0.1, -0.05) is 30.7 Å². The minimum absolute atomic E-state index is 0. The quantitative estimate of drug-likeness (QED) is 0.258. The third kappa shape index (κ3) is 5.66. The number of anilines is 1. The molecule has 0 aliphatic carbocycles. The van der Waals surface area contributed by atoms with E-state index >= 15 is 0 Å². The molecule has 0 fully saturated rings. The summed E-state index contributed by atoms with van der Waals surface area (Å²) in [7, 11) is 0. The molecular formula is C20H20Ag2ClNO7. The van der Waals surface area contributed by atoms with Crippen LogP contribution in [-0.2, 0) is 60.8 Å². The summed E-state index contributed by atoms with van der Waals surface area (Å²) in [5.41, 5.74) is 2.08. The summed E-state index contributed by atoms with van der Waals surface area (Å²) in [6.07, 6.45) is 0.385. The molecule has 1 atom stereocenters. The van der Waals surface area contributed by atoms with E-state index in [1.54, 1.807) is 12.1 Å². The molecule has 2 aromatic rings. The monoisotopic (exact) mass is 635 g/mol. The van der Waals surface area contributed by atoms with E-state index in [2.05, 4.69) is 5.32 Å². The van der Waals surface area contributed by atoms with E-state index in [0.29, 0.717) is 22.7 Å². The number of rotatable bonds is 8. The second kappa shape index (κ2) is 11.4. The summed E-state index contributed by atoms with van der Waals surface area (Å²) in [5.74, 6) is -6.35. The summed E-state index contributed by atoms with van der Waals surface area (Å²) >= 11 is 6.08. The molecule has 1 unspecified atom stereocenters. The largest absolute Gasteiger partial charge is 0.475 e. The van der Waals surface area contributed by atoms with Gasteiger partial charge < -0.3 is 30.1 Å². The Hall–Kier alpha value is -1.49. The number of halogens is 1. The standard InChI is InChI=1S/C20H20ClNO7.2Ag/c1-11(12-3-2-4-13(21)10-12)9-14-15(22-7-8-23)5-6-16-17(14)29-20(28-16,18(24)25)19(26)27;;/h2-6,10-11,22-23H,7-9H2,1H3,(H,24,25)(H,26,27);;. The van der Waals surface area contributed by atoms with Crippen LogP contribution in [0.2, 0.25) is 5.02 Å². The van der Waals surface area contributed by atoms with Crippen molar-refractivity contribution in [2.75, 3.05) is 18.5 Å². The van der Waals surface area contributed by atoms with Crippen molar-refractivity contribution in [2.45, 2.75) is 25.0 Å². The van der Waals surface area contributed by atoms with Crippen LogP contribution >= 0.6 is 11.6 Å². The van der Waals surface area contributed by atoms with E-state index in [9.17, 15) is 19.8 Å². The third-order valence-corrected chi connectivity index (χ3v) is 4.88. The maximum absolute atomic E-state index is 11.6. The van der Waals surface area contributed by atoms with Gasteiger partial charge in [0.05, 0.1) is 6.61 Å². The first-order valence-electron chi connectivity index (χ1n) is 8.89. The number of carboxylic acid groups (broad SMARTS) is 2. The van der Waals surface area contributed by atoms with Gasteiger partial charge in [-0.3, -0.25) is 0 Å². The minimum Gasteiger partial charge on any atom is -0.475 e. The van der Waals surface area contributed by atoms with Crippen LogP contribution in [-0.4, -0.2) is 46.2 Å². The number of aliphatic hydroxyl groups excluding tert-OH is 1. The van der Waals surface area contributed by atoms with Crippen molar-refractivity contribution in [1.82, 2.24) is 0 Å². The van der Waals surface area contributed by atoms with Crippen molar-refractivity contribution in [2.24, 2.45) is 0 Å². The average Bonchev–Trinajstić information content (AvgIpc) is 3.09. The first-order chi connectivity index (χ1) is 13.8. The number of ether oxygens (including phenoxy) is 2. The van der Waals surface area contributed by atoms with Crippen molar-refractivity contribution in [3.63, 3.8) is 0 Å². The maximum Gasteiger partial charge on any atom is 0.453 e. The van der Waals surface area contributed by atoms with Gasteiger partial charge in [0.15, 0.2) is 11.5 Å². The molecular weight excluding hydrogens is 617 g/mol. The molecule has 0 spiro atoms. The van der Waals surface area contributed by atoms with Gasteiger partial charge in [-0.2, -0.15) is 0 Å². The van der Waals surface area contributed by atoms with Crippen LogP contribution in [0.3, 0.4) is 0 Å². The van der Waals surface area contributed by atoms with Crippen LogP contribution in [0.5, 0.6) is 11.5 Å². The van der Waals surface area contributed by atoms with Gasteiger partial charge in [0, 0.05) is 67.6 Å². The summed E-state index contributed by atoms with van der Waals surface area (Å²) in [5, 5.41) is 31.6. The number of aliphatic hydroxyl groups is 1. The average molecular weight is 638 g/mol. The normalized spacial score (nSPS) is 14.0. The summed E-state index contributed by atoms with van der Waals surface area (Å²) in [6.45, 7) is 2.09. The van der Waals surface area contributed by atoms with Crippen LogP contribution in [0.1, 0.15) is 24.0 Å². The molecule has 31 heavy (non-hydrogen) atoms. The first-order valence-corrected chi connectivity index (χ1v) is 9.27. The molecule has 0 amide bonds. The second-order valence-electron chi connectivity index (χ2n) is 6.66. The molecule has 2 radical (unpaired) electrons. The van der Waals surface area contributed by atoms with E-state index in [0.717, 1.165) is 5.56 Å². The zero-order valence-electron chi connectivity index (χ0n) is 16.1. The molecule has 8 nitrogen and oxygen atoms in total. The molecule has 4 N–H and O–H groups in total. The van der Waals surface area contributed by atoms with Gasteiger partial charge in [-0.25, -0.2) is 9.59 Å². The fourth-order valence-corrected chi connectivity index (χ4v) is 3.38. The summed E-state index contributed by atoms with van der Waals surface area (Å²) in [4.78, 5) is 23.2. The number of fused-ring (bicyclic) bond motifs is 1. The number of hydrogen-bond donors (Lipinski definition) is 4. The Bertz CT molecular complexity index is 943. The van der Waals surface area contributed by atoms with Crippen molar-refractivity contribution < 1.29 is 79.1 Å². The summed E-state index contributed by atoms with van der Waals surface area (Å²) in [6, 6.07) is 10.4. The number of carbonyl (C=O) groups is 2. The van der Waals surface area contributed by atoms with Gasteiger partial charge in [0.2, 0.25) is 0 Å². The van der Waals surface area contributed by atoms with Crippen LogP contribution in [0.25, 0.3) is 0 Å². The molecule has 0 bridgehead atoms. The fourth-order valence-electron chi connectivity index (χ4n) is 3.18. The van der Waals surface area contributed by atoms with E-state index in [-0.39, 0.29) is 75.3 Å². The zero-order chi connectivity index (χ0) is 21.2. The van der Waals surface area contributed by atoms with Crippen molar-refractivity contribution in [3.05, 3.63) is 52.5 Å². The molecule has 1 aliphatic rings. The number of nitrogens with one attached hydrogen (secondary N) is 1. The summed E-state index contributed by atoms with van der Waals surface area (Å²) < 4.78 is 10.6. The number of carboxylic acids is 2. The molecule has 1 aliphatic heterocycles. The van der Waals surface area contributed by atoms with Crippen LogP contribution in [0.15, 0.2) is 36.4 Å². The molecule has 0 saturated carbocycles. The van der Waals surface area contributed by atoms with Gasteiger partial charge >= 0.3 is 17.7 Å². The van der Waals surface area contributed by atoms with Crippen LogP contribution in [0, 0.1) is 0 Å². The Morgan fingerprint density at radius 2 is 1.81 bits per heavy atom. The maximum atomic E-state index is 11.6. The zero-order valence-corrected chi connectivity index (χ0v) is 19.8. The SMILES string of the molecule is CC(Cc1c(NCCO)ccc2c1OC(C(=O)O)(C(=O)O)O2)c1cccc(Cl)c1.[Ag].[Ag]. The van der Waals surface area contributed by atoms with E-state index < -0.39 is 17.7 Å². The van der Waals surface area contributed by atoms with Crippen LogP contribution in [0.4, 0.5) is 5.69 Å². The minimum atomic E-state index is -2.84. The van der Waals surface area contributed by atoms with Crippen molar-refractivity contribution in [1.29, 1.82) is 0 Å². The number of benzene rings is 2. The van der Waals surface area contributed by atoms with Gasteiger partial charge in [0.1, 0.15) is 0 Å². The Labute approximate surface area is 214 Å². The Morgan fingerprint density at radius 1 is 1.13 bits per heavy atom. The Kier molecular flexibility index (Phi) is 10.1. The molecule has 3 rings (SSSR count). The van der Waals surface area contributed by atoms with E-state index in [4.69, 9.17) is 26.2 Å². The predicted molar refractivity (Wildman–Crippen MR) is 105 cm³/mol. The fraction of sp³-hybridized carbons (Fsp3) is 0.300. The smallest absolute Gasteiger partial charge is 0.453 e. The molecule has 0 saturated heterocycles. The van der Waals surface area contributed by atoms with Crippen molar-refractivity contribution in [3.8, 4) is 11.5 Å². The van der Waals surface area contributed by atoms with Crippen LogP contribution < -0.4 is 14.8 Å². The molecule has 0 aromatic heterocycles. The molecule has 1 heterocycles. The topological polar surface area (TPSA) is 125 Å². The Morgan fingerprint density at radius 3 is 2.39 bits per heavy atom. The first kappa shape index (κ1) is 27.5. The second-order valence-corrected chi connectivity index (χ2v) is 7.10. The molecule has 11 heteroatoms. The number of aliphatic carboxylic acids is 2.